The summed E-state index contributed by atoms with van der Waals surface area (Å²) in [4.78, 5) is 12.0. The lowest BCUT2D eigenvalue weighted by molar-refractivity contribution is 0.0734. The van der Waals surface area contributed by atoms with E-state index in [2.05, 4.69) is 0 Å². The predicted molar refractivity (Wildman–Crippen MR) is 82.9 cm³/mol. The summed E-state index contributed by atoms with van der Waals surface area (Å²) >= 11 is 0. The second-order valence-corrected chi connectivity index (χ2v) is 5.12. The fourth-order valence-corrected chi connectivity index (χ4v) is 1.91. The van der Waals surface area contributed by atoms with Crippen LogP contribution in [0.15, 0.2) is 48.5 Å². The first kappa shape index (κ1) is 15.5. The zero-order valence-corrected chi connectivity index (χ0v) is 12.2. The van der Waals surface area contributed by atoms with Gasteiger partial charge in [-0.25, -0.2) is 4.79 Å². The topological polar surface area (TPSA) is 88.5 Å². The van der Waals surface area contributed by atoms with E-state index in [4.69, 9.17) is 24.3 Å². The Morgan fingerprint density at radius 1 is 1.09 bits per heavy atom. The first-order valence-corrected chi connectivity index (χ1v) is 7.14. The maximum Gasteiger partial charge on any atom is 0.488 e. The fourth-order valence-electron chi connectivity index (χ4n) is 1.91. The van der Waals surface area contributed by atoms with Crippen molar-refractivity contribution >= 4 is 18.6 Å². The van der Waals surface area contributed by atoms with E-state index in [0.717, 1.165) is 6.61 Å². The molecule has 0 bridgehead atoms. The van der Waals surface area contributed by atoms with E-state index in [1.54, 1.807) is 24.3 Å². The SMILES string of the molecule is O=C(Oc1ccc(B(O)O)cc1)c1ccc(OCC2CO2)cc1. The Kier molecular flexibility index (Phi) is 4.61. The Bertz CT molecular complexity index is 664. The number of benzene rings is 2. The van der Waals surface area contributed by atoms with Gasteiger partial charge in [0, 0.05) is 0 Å². The third kappa shape index (κ3) is 4.32. The molecule has 1 unspecified atom stereocenters. The van der Waals surface area contributed by atoms with Crippen molar-refractivity contribution in [3.8, 4) is 11.5 Å². The van der Waals surface area contributed by atoms with E-state index >= 15 is 0 Å². The van der Waals surface area contributed by atoms with Crippen LogP contribution in [0.3, 0.4) is 0 Å². The molecule has 0 amide bonds. The summed E-state index contributed by atoms with van der Waals surface area (Å²) in [5.41, 5.74) is 0.720. The standard InChI is InChI=1S/C16H15BO6/c18-16(23-14-7-3-12(4-8-14)17(19)20)11-1-5-13(6-2-11)21-9-15-10-22-15/h1-8,15,19-20H,9-10H2. The van der Waals surface area contributed by atoms with Crippen LogP contribution in [0, 0.1) is 0 Å². The lowest BCUT2D eigenvalue weighted by Gasteiger charge is -2.07. The molecule has 6 nitrogen and oxygen atoms in total. The summed E-state index contributed by atoms with van der Waals surface area (Å²) in [6.45, 7) is 1.24. The molecule has 0 aliphatic carbocycles. The molecule has 1 fully saturated rings. The summed E-state index contributed by atoms with van der Waals surface area (Å²) in [5.74, 6) is 0.489. The number of hydrogen-bond donors (Lipinski definition) is 2. The van der Waals surface area contributed by atoms with E-state index in [0.29, 0.717) is 29.1 Å². The molecule has 0 saturated carbocycles. The highest BCUT2D eigenvalue weighted by atomic mass is 16.6. The molecule has 1 aliphatic rings. The second-order valence-electron chi connectivity index (χ2n) is 5.12. The lowest BCUT2D eigenvalue weighted by atomic mass is 9.80. The van der Waals surface area contributed by atoms with Gasteiger partial charge in [-0.2, -0.15) is 0 Å². The van der Waals surface area contributed by atoms with Crippen LogP contribution < -0.4 is 14.9 Å². The molecular weight excluding hydrogens is 299 g/mol. The van der Waals surface area contributed by atoms with E-state index in [9.17, 15) is 4.79 Å². The number of carbonyl (C=O) groups excluding carboxylic acids is 1. The molecule has 1 aliphatic heterocycles. The number of esters is 1. The van der Waals surface area contributed by atoms with Crippen molar-refractivity contribution < 1.29 is 29.1 Å². The van der Waals surface area contributed by atoms with Gasteiger partial charge < -0.3 is 24.3 Å². The molecule has 0 aromatic heterocycles. The first-order chi connectivity index (χ1) is 11.1. The van der Waals surface area contributed by atoms with Gasteiger partial charge >= 0.3 is 13.1 Å². The number of epoxide rings is 1. The molecule has 7 heteroatoms. The average Bonchev–Trinajstić information content (AvgIpc) is 3.38. The minimum atomic E-state index is -1.55. The summed E-state index contributed by atoms with van der Waals surface area (Å²) in [6, 6.07) is 12.6. The van der Waals surface area contributed by atoms with Crippen molar-refractivity contribution in [3.63, 3.8) is 0 Å². The monoisotopic (exact) mass is 314 g/mol. The first-order valence-electron chi connectivity index (χ1n) is 7.14. The highest BCUT2D eigenvalue weighted by molar-refractivity contribution is 6.58. The third-order valence-corrected chi connectivity index (χ3v) is 3.32. The predicted octanol–water partition coefficient (Wildman–Crippen LogP) is 0.363. The second kappa shape index (κ2) is 6.83. The Hall–Kier alpha value is -2.35. The number of ether oxygens (including phenoxy) is 3. The van der Waals surface area contributed by atoms with Crippen LogP contribution in [0.4, 0.5) is 0 Å². The van der Waals surface area contributed by atoms with Gasteiger partial charge in [-0.1, -0.05) is 12.1 Å². The Labute approximate surface area is 133 Å². The van der Waals surface area contributed by atoms with Crippen LogP contribution >= 0.6 is 0 Å². The minimum absolute atomic E-state index is 0.181. The normalized spacial score (nSPS) is 15.8. The Morgan fingerprint density at radius 2 is 1.70 bits per heavy atom. The summed E-state index contributed by atoms with van der Waals surface area (Å²) < 4.78 is 15.8. The van der Waals surface area contributed by atoms with Crippen LogP contribution in [-0.2, 0) is 4.74 Å². The van der Waals surface area contributed by atoms with Gasteiger partial charge in [0.05, 0.1) is 12.2 Å². The van der Waals surface area contributed by atoms with Gasteiger partial charge in [0.2, 0.25) is 0 Å². The smallest absolute Gasteiger partial charge is 0.488 e. The van der Waals surface area contributed by atoms with Crippen LogP contribution in [0.25, 0.3) is 0 Å². The van der Waals surface area contributed by atoms with Gasteiger partial charge in [0.15, 0.2) is 0 Å². The zero-order chi connectivity index (χ0) is 16.2. The van der Waals surface area contributed by atoms with Crippen LogP contribution in [0.2, 0.25) is 0 Å². The van der Waals surface area contributed by atoms with Gasteiger partial charge in [0.1, 0.15) is 24.2 Å². The van der Waals surface area contributed by atoms with Crippen LogP contribution in [-0.4, -0.2) is 42.5 Å². The van der Waals surface area contributed by atoms with Crippen LogP contribution in [0.1, 0.15) is 10.4 Å². The molecule has 118 valence electrons. The Morgan fingerprint density at radius 3 is 2.26 bits per heavy atom. The van der Waals surface area contributed by atoms with E-state index in [1.807, 2.05) is 0 Å². The van der Waals surface area contributed by atoms with Gasteiger partial charge in [-0.15, -0.1) is 0 Å². The molecule has 0 radical (unpaired) electrons. The van der Waals surface area contributed by atoms with Gasteiger partial charge in [-0.05, 0) is 41.9 Å². The number of carbonyl (C=O) groups is 1. The molecule has 3 rings (SSSR count). The highest BCUT2D eigenvalue weighted by Gasteiger charge is 2.23. The van der Waals surface area contributed by atoms with Crippen molar-refractivity contribution in [2.24, 2.45) is 0 Å². The minimum Gasteiger partial charge on any atom is -0.491 e. The van der Waals surface area contributed by atoms with Crippen molar-refractivity contribution in [3.05, 3.63) is 54.1 Å². The molecule has 23 heavy (non-hydrogen) atoms. The fraction of sp³-hybridized carbons (Fsp3) is 0.188. The van der Waals surface area contributed by atoms with Crippen molar-refractivity contribution in [2.45, 2.75) is 6.10 Å². The van der Waals surface area contributed by atoms with E-state index in [-0.39, 0.29) is 6.10 Å². The molecule has 1 saturated heterocycles. The molecule has 2 aromatic rings. The third-order valence-electron chi connectivity index (χ3n) is 3.32. The lowest BCUT2D eigenvalue weighted by Crippen LogP contribution is -2.29. The molecule has 2 aromatic carbocycles. The summed E-state index contributed by atoms with van der Waals surface area (Å²) in [5, 5.41) is 18.0. The van der Waals surface area contributed by atoms with E-state index < -0.39 is 13.1 Å². The number of hydrogen-bond acceptors (Lipinski definition) is 6. The van der Waals surface area contributed by atoms with E-state index in [1.165, 1.54) is 24.3 Å². The maximum absolute atomic E-state index is 12.0. The molecule has 0 spiro atoms. The molecule has 2 N–H and O–H groups in total. The molecule has 1 atom stereocenters. The molecule has 1 heterocycles. The largest absolute Gasteiger partial charge is 0.491 e. The highest BCUT2D eigenvalue weighted by Crippen LogP contribution is 2.17. The Balaban J connectivity index is 1.58. The van der Waals surface area contributed by atoms with Crippen LogP contribution in [0.5, 0.6) is 11.5 Å². The van der Waals surface area contributed by atoms with Gasteiger partial charge in [0.25, 0.3) is 0 Å². The number of rotatable bonds is 6. The quantitative estimate of drug-likeness (QED) is 0.346. The van der Waals surface area contributed by atoms with Gasteiger partial charge in [-0.3, -0.25) is 0 Å². The van der Waals surface area contributed by atoms with Crippen molar-refractivity contribution in [2.75, 3.05) is 13.2 Å². The average molecular weight is 314 g/mol. The summed E-state index contributed by atoms with van der Waals surface area (Å²) in [6.07, 6.45) is 0.181. The maximum atomic E-state index is 12.0. The van der Waals surface area contributed by atoms with Crippen molar-refractivity contribution in [1.29, 1.82) is 0 Å². The zero-order valence-electron chi connectivity index (χ0n) is 12.2. The molecular formula is C16H15BO6. The summed E-state index contributed by atoms with van der Waals surface area (Å²) in [7, 11) is -1.55. The van der Waals surface area contributed by atoms with Crippen molar-refractivity contribution in [1.82, 2.24) is 0 Å².